The molecule has 2 aromatic rings. The van der Waals surface area contributed by atoms with Gasteiger partial charge in [0.05, 0.1) is 6.04 Å². The minimum atomic E-state index is -0.125. The Morgan fingerprint density at radius 3 is 2.50 bits per heavy atom. The molecule has 1 unspecified atom stereocenters. The molecule has 1 heterocycles. The number of nitrogens with zero attached hydrogens (tertiary/aromatic N) is 1. The number of hydrogen-bond acceptors (Lipinski definition) is 1. The summed E-state index contributed by atoms with van der Waals surface area (Å²) in [6.45, 7) is 1.94. The van der Waals surface area contributed by atoms with Crippen molar-refractivity contribution in [2.45, 2.75) is 13.0 Å². The smallest absolute Gasteiger partial charge is 0.268 e. The van der Waals surface area contributed by atoms with Gasteiger partial charge in [-0.1, -0.05) is 39.7 Å². The lowest BCUT2D eigenvalue weighted by atomic mass is 10.1. The van der Waals surface area contributed by atoms with E-state index in [4.69, 9.17) is 11.6 Å². The Balaban J connectivity index is 2.38. The van der Waals surface area contributed by atoms with Crippen LogP contribution in [-0.2, 0) is 0 Å². The molecular formula is C11H10BrClN2O. The van der Waals surface area contributed by atoms with E-state index in [-0.39, 0.29) is 11.6 Å². The molecule has 1 aromatic heterocycles. The summed E-state index contributed by atoms with van der Waals surface area (Å²) in [4.78, 5) is 11.6. The third kappa shape index (κ3) is 2.23. The molecule has 0 aliphatic carbocycles. The van der Waals surface area contributed by atoms with Crippen LogP contribution in [0.5, 0.6) is 0 Å². The number of benzene rings is 1. The van der Waals surface area contributed by atoms with Crippen LogP contribution in [0.2, 0.25) is 5.15 Å². The number of aromatic amines is 1. The largest absolute Gasteiger partial charge is 0.284 e. The van der Waals surface area contributed by atoms with Crippen LogP contribution >= 0.6 is 27.5 Å². The average molecular weight is 302 g/mol. The van der Waals surface area contributed by atoms with Gasteiger partial charge >= 0.3 is 0 Å². The predicted molar refractivity (Wildman–Crippen MR) is 68.0 cm³/mol. The van der Waals surface area contributed by atoms with Crippen LogP contribution in [0.1, 0.15) is 18.5 Å². The van der Waals surface area contributed by atoms with E-state index >= 15 is 0 Å². The molecule has 0 saturated carbocycles. The van der Waals surface area contributed by atoms with Gasteiger partial charge in [0.2, 0.25) is 0 Å². The molecule has 0 spiro atoms. The second-order valence-corrected chi connectivity index (χ2v) is 4.86. The van der Waals surface area contributed by atoms with Crippen molar-refractivity contribution in [3.8, 4) is 0 Å². The maximum absolute atomic E-state index is 11.6. The summed E-state index contributed by atoms with van der Waals surface area (Å²) < 4.78 is 2.52. The van der Waals surface area contributed by atoms with Crippen LogP contribution < -0.4 is 5.56 Å². The van der Waals surface area contributed by atoms with Crippen LogP contribution in [0.3, 0.4) is 0 Å². The summed E-state index contributed by atoms with van der Waals surface area (Å²) in [5.41, 5.74) is 0.921. The molecule has 84 valence electrons. The standard InChI is InChI=1S/C11H10BrClN2O/c1-7(8-2-4-9(12)5-3-8)15-11(16)6-10(13)14-15/h2-7,14H,1H3. The van der Waals surface area contributed by atoms with Gasteiger partial charge in [-0.3, -0.25) is 9.89 Å². The fourth-order valence-corrected chi connectivity index (χ4v) is 2.01. The molecule has 1 atom stereocenters. The van der Waals surface area contributed by atoms with E-state index in [0.717, 1.165) is 10.0 Å². The van der Waals surface area contributed by atoms with E-state index < -0.39 is 0 Å². The van der Waals surface area contributed by atoms with Crippen LogP contribution in [0.4, 0.5) is 0 Å². The number of H-pyrrole nitrogens is 1. The molecule has 0 aliphatic rings. The molecule has 1 N–H and O–H groups in total. The minimum Gasteiger partial charge on any atom is -0.284 e. The molecule has 2 rings (SSSR count). The van der Waals surface area contributed by atoms with Gasteiger partial charge in [0.25, 0.3) is 5.56 Å². The molecule has 3 nitrogen and oxygen atoms in total. The molecule has 0 bridgehead atoms. The van der Waals surface area contributed by atoms with Crippen LogP contribution in [-0.4, -0.2) is 9.78 Å². The van der Waals surface area contributed by atoms with Gasteiger partial charge in [-0.2, -0.15) is 0 Å². The molecule has 1 aromatic carbocycles. The Hall–Kier alpha value is -1.00. The lowest BCUT2D eigenvalue weighted by Crippen LogP contribution is -2.20. The second-order valence-electron chi connectivity index (χ2n) is 3.54. The zero-order valence-corrected chi connectivity index (χ0v) is 10.9. The van der Waals surface area contributed by atoms with Crippen LogP contribution in [0.25, 0.3) is 0 Å². The molecule has 5 heteroatoms. The monoisotopic (exact) mass is 300 g/mol. The van der Waals surface area contributed by atoms with Gasteiger partial charge in [0.15, 0.2) is 0 Å². The number of nitrogens with one attached hydrogen (secondary N) is 1. The summed E-state index contributed by atoms with van der Waals surface area (Å²) in [5.74, 6) is 0. The highest BCUT2D eigenvalue weighted by Gasteiger charge is 2.11. The fraction of sp³-hybridized carbons (Fsp3) is 0.182. The van der Waals surface area contributed by atoms with Crippen molar-refractivity contribution >= 4 is 27.5 Å². The Labute approximate surface area is 106 Å². The average Bonchev–Trinajstić information content (AvgIpc) is 2.58. The molecule has 0 aliphatic heterocycles. The number of halogens is 2. The van der Waals surface area contributed by atoms with E-state index in [1.807, 2.05) is 31.2 Å². The quantitative estimate of drug-likeness (QED) is 0.909. The normalized spacial score (nSPS) is 12.7. The SMILES string of the molecule is CC(c1ccc(Br)cc1)n1[nH]c(Cl)cc1=O. The van der Waals surface area contributed by atoms with Crippen LogP contribution in [0.15, 0.2) is 39.6 Å². The number of hydrogen-bond donors (Lipinski definition) is 1. The first-order chi connectivity index (χ1) is 7.58. The maximum atomic E-state index is 11.6. The third-order valence-corrected chi connectivity index (χ3v) is 3.18. The van der Waals surface area contributed by atoms with Crippen molar-refractivity contribution in [3.05, 3.63) is 55.9 Å². The van der Waals surface area contributed by atoms with Crippen molar-refractivity contribution in [1.29, 1.82) is 0 Å². The number of aromatic nitrogens is 2. The van der Waals surface area contributed by atoms with Gasteiger partial charge in [-0.25, -0.2) is 4.68 Å². The van der Waals surface area contributed by atoms with Crippen molar-refractivity contribution in [3.63, 3.8) is 0 Å². The summed E-state index contributed by atoms with van der Waals surface area (Å²) in [5, 5.41) is 3.17. The molecule has 0 fully saturated rings. The summed E-state index contributed by atoms with van der Waals surface area (Å²) in [6.07, 6.45) is 0. The Kier molecular flexibility index (Phi) is 3.21. The van der Waals surface area contributed by atoms with Crippen molar-refractivity contribution in [1.82, 2.24) is 9.78 Å². The van der Waals surface area contributed by atoms with E-state index in [9.17, 15) is 4.79 Å². The van der Waals surface area contributed by atoms with Gasteiger partial charge in [-0.15, -0.1) is 0 Å². The fourth-order valence-electron chi connectivity index (χ4n) is 1.56. The maximum Gasteiger partial charge on any atom is 0.268 e. The van der Waals surface area contributed by atoms with Gasteiger partial charge in [-0.05, 0) is 24.6 Å². The highest BCUT2D eigenvalue weighted by atomic mass is 79.9. The molecular weight excluding hydrogens is 291 g/mol. The first-order valence-electron chi connectivity index (χ1n) is 4.80. The Morgan fingerprint density at radius 1 is 1.38 bits per heavy atom. The van der Waals surface area contributed by atoms with Crippen molar-refractivity contribution in [2.75, 3.05) is 0 Å². The predicted octanol–water partition coefficient (Wildman–Crippen LogP) is 3.20. The first kappa shape index (κ1) is 11.5. The summed E-state index contributed by atoms with van der Waals surface area (Å²) >= 11 is 9.11. The zero-order chi connectivity index (χ0) is 11.7. The lowest BCUT2D eigenvalue weighted by molar-refractivity contribution is 0.548. The zero-order valence-electron chi connectivity index (χ0n) is 8.58. The minimum absolute atomic E-state index is 0.0619. The lowest BCUT2D eigenvalue weighted by Gasteiger charge is -2.12. The third-order valence-electron chi connectivity index (χ3n) is 2.45. The van der Waals surface area contributed by atoms with Crippen molar-refractivity contribution in [2.24, 2.45) is 0 Å². The highest BCUT2D eigenvalue weighted by molar-refractivity contribution is 9.10. The second kappa shape index (κ2) is 4.47. The highest BCUT2D eigenvalue weighted by Crippen LogP contribution is 2.19. The van der Waals surface area contributed by atoms with Gasteiger partial charge in [0.1, 0.15) is 5.15 Å². The first-order valence-corrected chi connectivity index (χ1v) is 5.97. The van der Waals surface area contributed by atoms with E-state index in [1.165, 1.54) is 10.7 Å². The molecule has 0 radical (unpaired) electrons. The molecule has 0 saturated heterocycles. The molecule has 0 amide bonds. The van der Waals surface area contributed by atoms with E-state index in [2.05, 4.69) is 21.0 Å². The van der Waals surface area contributed by atoms with Crippen molar-refractivity contribution < 1.29 is 0 Å². The Morgan fingerprint density at radius 2 is 2.00 bits per heavy atom. The molecule has 16 heavy (non-hydrogen) atoms. The van der Waals surface area contributed by atoms with Crippen LogP contribution in [0, 0.1) is 0 Å². The number of rotatable bonds is 2. The summed E-state index contributed by atoms with van der Waals surface area (Å²) in [6, 6.07) is 9.14. The van der Waals surface area contributed by atoms with Gasteiger partial charge in [0, 0.05) is 10.5 Å². The van der Waals surface area contributed by atoms with E-state index in [0.29, 0.717) is 5.15 Å². The Bertz CT molecular complexity index is 544. The summed E-state index contributed by atoms with van der Waals surface area (Å²) in [7, 11) is 0. The topological polar surface area (TPSA) is 37.8 Å². The van der Waals surface area contributed by atoms with E-state index in [1.54, 1.807) is 0 Å². The van der Waals surface area contributed by atoms with Gasteiger partial charge < -0.3 is 0 Å².